The number of hydrogen-bond acceptors (Lipinski definition) is 7. The lowest BCUT2D eigenvalue weighted by Gasteiger charge is -2.28. The largest absolute Gasteiger partial charge is 0.378 e. The van der Waals surface area contributed by atoms with Gasteiger partial charge < -0.3 is 9.64 Å². The third-order valence-corrected chi connectivity index (χ3v) is 7.34. The van der Waals surface area contributed by atoms with Crippen LogP contribution in [0.4, 0.5) is 10.3 Å². The molecule has 1 aliphatic rings. The molecule has 1 fully saturated rings. The van der Waals surface area contributed by atoms with Crippen molar-refractivity contribution in [2.45, 2.75) is 10.8 Å². The molecule has 5 rings (SSSR count). The highest BCUT2D eigenvalue weighted by Gasteiger charge is 2.31. The summed E-state index contributed by atoms with van der Waals surface area (Å²) in [6, 6.07) is 24.5. The Morgan fingerprint density at radius 3 is 2.21 bits per heavy atom. The predicted octanol–water partition coefficient (Wildman–Crippen LogP) is 3.73. The molecule has 0 radical (unpaired) electrons. The topological polar surface area (TPSA) is 113 Å². The number of aromatic nitrogens is 3. The average Bonchev–Trinajstić information content (AvgIpc) is 3.39. The van der Waals surface area contributed by atoms with Crippen molar-refractivity contribution in [2.75, 3.05) is 31.2 Å². The number of sulfonamides is 1. The van der Waals surface area contributed by atoms with Crippen LogP contribution < -0.4 is 4.90 Å². The fraction of sp³-hybridized carbons (Fsp3) is 0.185. The minimum absolute atomic E-state index is 0.0180. The maximum absolute atomic E-state index is 13.5. The van der Waals surface area contributed by atoms with E-state index in [0.717, 1.165) is 24.3 Å². The van der Waals surface area contributed by atoms with Crippen LogP contribution in [0.3, 0.4) is 0 Å². The highest BCUT2D eigenvalue weighted by molar-refractivity contribution is 7.90. The Bertz CT molecular complexity index is 1580. The normalized spacial score (nSPS) is 15.2. The van der Waals surface area contributed by atoms with Crippen molar-refractivity contribution in [3.8, 4) is 11.8 Å². The third kappa shape index (κ3) is 5.18. The van der Waals surface area contributed by atoms with E-state index >= 15 is 0 Å². The summed E-state index contributed by atoms with van der Waals surface area (Å²) >= 11 is 0. The molecule has 192 valence electrons. The standard InChI is InChI=1S/C27H23FN6O3S/c28-21-11-13-23(14-12-21)38(35,36)32-25(20-7-3-1-4-8-20)24(19-29)26-30-31-27(33-15-17-37-18-16-33)34(26)22-9-5-2-6-10-22/h1-14,24H,15-18H2/b32-25-. The molecule has 0 amide bonds. The van der Waals surface area contributed by atoms with E-state index in [1.807, 2.05) is 35.2 Å². The van der Waals surface area contributed by atoms with Gasteiger partial charge in [0.15, 0.2) is 5.82 Å². The first kappa shape index (κ1) is 25.3. The monoisotopic (exact) mass is 530 g/mol. The Kier molecular flexibility index (Phi) is 7.26. The second-order valence-electron chi connectivity index (χ2n) is 8.46. The number of nitriles is 1. The van der Waals surface area contributed by atoms with Crippen molar-refractivity contribution in [2.24, 2.45) is 4.40 Å². The Morgan fingerprint density at radius 1 is 0.947 bits per heavy atom. The summed E-state index contributed by atoms with van der Waals surface area (Å²) in [5.41, 5.74) is 1.12. The van der Waals surface area contributed by atoms with Gasteiger partial charge in [-0.25, -0.2) is 4.39 Å². The van der Waals surface area contributed by atoms with Crippen molar-refractivity contribution in [3.05, 3.63) is 102 Å². The van der Waals surface area contributed by atoms with Crippen LogP contribution in [0.1, 0.15) is 17.3 Å². The van der Waals surface area contributed by atoms with Gasteiger partial charge in [0, 0.05) is 13.1 Å². The number of ether oxygens (including phenoxy) is 1. The molecule has 0 aliphatic carbocycles. The Balaban J connectivity index is 1.69. The highest BCUT2D eigenvalue weighted by atomic mass is 32.2. The van der Waals surface area contributed by atoms with Gasteiger partial charge in [-0.1, -0.05) is 48.5 Å². The highest BCUT2D eigenvalue weighted by Crippen LogP contribution is 2.29. The van der Waals surface area contributed by atoms with Crippen LogP contribution in [0.2, 0.25) is 0 Å². The summed E-state index contributed by atoms with van der Waals surface area (Å²) in [6.07, 6.45) is 0. The molecule has 11 heteroatoms. The zero-order chi connectivity index (χ0) is 26.5. The second-order valence-corrected chi connectivity index (χ2v) is 10.1. The smallest absolute Gasteiger partial charge is 0.282 e. The van der Waals surface area contributed by atoms with Crippen LogP contribution in [-0.2, 0) is 14.8 Å². The van der Waals surface area contributed by atoms with Crippen LogP contribution in [0.15, 0.2) is 94.2 Å². The van der Waals surface area contributed by atoms with Gasteiger partial charge in [0.2, 0.25) is 5.95 Å². The summed E-state index contributed by atoms with van der Waals surface area (Å²) in [5, 5.41) is 19.2. The van der Waals surface area contributed by atoms with Crippen molar-refractivity contribution in [1.82, 2.24) is 14.8 Å². The lowest BCUT2D eigenvalue weighted by Crippen LogP contribution is -2.38. The number of hydrogen-bond donors (Lipinski definition) is 0. The fourth-order valence-corrected chi connectivity index (χ4v) is 5.23. The van der Waals surface area contributed by atoms with Crippen LogP contribution in [-0.4, -0.2) is 55.2 Å². The molecular weight excluding hydrogens is 507 g/mol. The number of anilines is 1. The number of nitrogens with zero attached hydrogens (tertiary/aromatic N) is 6. The van der Waals surface area contributed by atoms with E-state index in [-0.39, 0.29) is 16.4 Å². The van der Waals surface area contributed by atoms with Crippen LogP contribution in [0.25, 0.3) is 5.69 Å². The molecule has 0 spiro atoms. The van der Waals surface area contributed by atoms with E-state index in [4.69, 9.17) is 4.74 Å². The second kappa shape index (κ2) is 10.9. The summed E-state index contributed by atoms with van der Waals surface area (Å²) in [5.74, 6) is -1.03. The first-order chi connectivity index (χ1) is 18.5. The molecule has 1 atom stereocenters. The maximum atomic E-state index is 13.5. The third-order valence-electron chi connectivity index (χ3n) is 6.04. The Hall–Kier alpha value is -4.40. The quantitative estimate of drug-likeness (QED) is 0.335. The molecule has 1 aliphatic heterocycles. The Morgan fingerprint density at radius 2 is 1.58 bits per heavy atom. The van der Waals surface area contributed by atoms with Crippen molar-refractivity contribution >= 4 is 21.7 Å². The molecular formula is C27H23FN6O3S. The van der Waals surface area contributed by atoms with Gasteiger partial charge in [-0.2, -0.15) is 18.1 Å². The van der Waals surface area contributed by atoms with Gasteiger partial charge in [-0.3, -0.25) is 4.57 Å². The fourth-order valence-electron chi connectivity index (χ4n) is 4.18. The molecule has 0 saturated carbocycles. The summed E-state index contributed by atoms with van der Waals surface area (Å²) in [6.45, 7) is 2.21. The van der Waals surface area contributed by atoms with Gasteiger partial charge in [0.1, 0.15) is 11.7 Å². The first-order valence-corrected chi connectivity index (χ1v) is 13.3. The number of halogens is 1. The van der Waals surface area contributed by atoms with E-state index in [1.165, 1.54) is 0 Å². The van der Waals surface area contributed by atoms with E-state index in [9.17, 15) is 18.1 Å². The van der Waals surface area contributed by atoms with Crippen LogP contribution in [0, 0.1) is 17.1 Å². The molecule has 0 bridgehead atoms. The molecule has 38 heavy (non-hydrogen) atoms. The number of morpholine rings is 1. The molecule has 4 aromatic rings. The summed E-state index contributed by atoms with van der Waals surface area (Å²) in [7, 11) is -4.29. The molecule has 3 aromatic carbocycles. The number of benzene rings is 3. The van der Waals surface area contributed by atoms with Crippen LogP contribution >= 0.6 is 0 Å². The number of rotatable bonds is 7. The summed E-state index contributed by atoms with van der Waals surface area (Å²) < 4.78 is 51.4. The maximum Gasteiger partial charge on any atom is 0.282 e. The van der Waals surface area contributed by atoms with E-state index in [0.29, 0.717) is 43.5 Å². The van der Waals surface area contributed by atoms with Gasteiger partial charge in [0.25, 0.3) is 10.0 Å². The van der Waals surface area contributed by atoms with Gasteiger partial charge >= 0.3 is 0 Å². The molecule has 1 saturated heterocycles. The Labute approximate surface area is 219 Å². The van der Waals surface area contributed by atoms with E-state index in [2.05, 4.69) is 20.7 Å². The van der Waals surface area contributed by atoms with Crippen molar-refractivity contribution in [3.63, 3.8) is 0 Å². The molecule has 0 N–H and O–H groups in total. The minimum atomic E-state index is -4.29. The van der Waals surface area contributed by atoms with E-state index in [1.54, 1.807) is 34.9 Å². The lowest BCUT2D eigenvalue weighted by atomic mass is 9.97. The first-order valence-electron chi connectivity index (χ1n) is 11.9. The lowest BCUT2D eigenvalue weighted by molar-refractivity contribution is 0.122. The molecule has 2 heterocycles. The average molecular weight is 531 g/mol. The molecule has 1 aromatic heterocycles. The van der Waals surface area contributed by atoms with E-state index < -0.39 is 21.8 Å². The van der Waals surface area contributed by atoms with Crippen LogP contribution in [0.5, 0.6) is 0 Å². The SMILES string of the molecule is N#CC(/C(=N\S(=O)(=O)c1ccc(F)cc1)c1ccccc1)c1nnc(N2CCOCC2)n1-c1ccccc1. The number of para-hydroxylation sites is 1. The van der Waals surface area contributed by atoms with Gasteiger partial charge in [0.05, 0.1) is 35.6 Å². The zero-order valence-corrected chi connectivity index (χ0v) is 21.0. The molecule has 9 nitrogen and oxygen atoms in total. The molecule has 1 unspecified atom stereocenters. The zero-order valence-electron chi connectivity index (χ0n) is 20.2. The minimum Gasteiger partial charge on any atom is -0.378 e. The van der Waals surface area contributed by atoms with Gasteiger partial charge in [-0.05, 0) is 42.0 Å². The van der Waals surface area contributed by atoms with Crippen molar-refractivity contribution in [1.29, 1.82) is 5.26 Å². The van der Waals surface area contributed by atoms with Crippen molar-refractivity contribution < 1.29 is 17.5 Å². The summed E-state index contributed by atoms with van der Waals surface area (Å²) in [4.78, 5) is 1.82. The van der Waals surface area contributed by atoms with Gasteiger partial charge in [-0.15, -0.1) is 10.2 Å². The predicted molar refractivity (Wildman–Crippen MR) is 139 cm³/mol.